The van der Waals surface area contributed by atoms with E-state index in [9.17, 15) is 5.26 Å². The van der Waals surface area contributed by atoms with Gasteiger partial charge < -0.3 is 4.90 Å². The molecule has 0 saturated heterocycles. The highest BCUT2D eigenvalue weighted by atomic mass is 32.2. The second-order valence-corrected chi connectivity index (χ2v) is 6.73. The van der Waals surface area contributed by atoms with E-state index in [1.165, 1.54) is 0 Å². The monoisotopic (exact) mass is 294 g/mol. The molecule has 4 heteroatoms. The summed E-state index contributed by atoms with van der Waals surface area (Å²) in [5.41, 5.74) is 1.86. The van der Waals surface area contributed by atoms with Crippen LogP contribution in [0.5, 0.6) is 0 Å². The van der Waals surface area contributed by atoms with Crippen molar-refractivity contribution < 1.29 is 0 Å². The molecule has 1 atom stereocenters. The number of anilines is 1. The molecule has 19 heavy (non-hydrogen) atoms. The summed E-state index contributed by atoms with van der Waals surface area (Å²) >= 11 is 3.60. The van der Waals surface area contributed by atoms with Crippen LogP contribution in [0.4, 0.5) is 5.69 Å². The molecule has 0 heterocycles. The zero-order valence-electron chi connectivity index (χ0n) is 12.1. The van der Waals surface area contributed by atoms with Crippen molar-refractivity contribution in [2.24, 2.45) is 0 Å². The Bertz CT molecular complexity index is 440. The summed E-state index contributed by atoms with van der Waals surface area (Å²) in [5.74, 6) is 2.14. The number of benzene rings is 1. The second kappa shape index (κ2) is 8.39. The highest BCUT2D eigenvalue weighted by Gasteiger charge is 2.15. The quantitative estimate of drug-likeness (QED) is 0.703. The van der Waals surface area contributed by atoms with E-state index in [0.29, 0.717) is 6.04 Å². The van der Waals surface area contributed by atoms with Crippen LogP contribution in [0.1, 0.15) is 25.8 Å². The number of nitrogens with zero attached hydrogens (tertiary/aromatic N) is 2. The molecule has 1 aromatic carbocycles. The molecular formula is C15H22N2S2. The molecule has 0 bridgehead atoms. The van der Waals surface area contributed by atoms with Crippen molar-refractivity contribution in [1.29, 1.82) is 5.26 Å². The van der Waals surface area contributed by atoms with Crippen LogP contribution in [0, 0.1) is 11.3 Å². The van der Waals surface area contributed by atoms with Gasteiger partial charge in [-0.1, -0.05) is 13.0 Å². The minimum atomic E-state index is 0.446. The first-order valence-corrected chi connectivity index (χ1v) is 8.91. The van der Waals surface area contributed by atoms with Crippen molar-refractivity contribution >= 4 is 29.2 Å². The third-order valence-electron chi connectivity index (χ3n) is 3.20. The molecule has 0 N–H and O–H groups in total. The lowest BCUT2D eigenvalue weighted by Crippen LogP contribution is -2.30. The molecule has 0 amide bonds. The highest BCUT2D eigenvalue weighted by Crippen LogP contribution is 2.30. The lowest BCUT2D eigenvalue weighted by molar-refractivity contribution is 0.668. The van der Waals surface area contributed by atoms with E-state index in [1.54, 1.807) is 11.8 Å². The maximum atomic E-state index is 9.44. The van der Waals surface area contributed by atoms with Gasteiger partial charge in [0.1, 0.15) is 6.07 Å². The molecular weight excluding hydrogens is 272 g/mol. The number of hydrogen-bond donors (Lipinski definition) is 0. The van der Waals surface area contributed by atoms with E-state index in [-0.39, 0.29) is 0 Å². The van der Waals surface area contributed by atoms with E-state index in [4.69, 9.17) is 0 Å². The summed E-state index contributed by atoms with van der Waals surface area (Å²) < 4.78 is 0. The second-order valence-electron chi connectivity index (χ2n) is 4.44. The summed E-state index contributed by atoms with van der Waals surface area (Å²) in [7, 11) is 2.08. The van der Waals surface area contributed by atoms with Gasteiger partial charge in [0.2, 0.25) is 0 Å². The fourth-order valence-electron chi connectivity index (χ4n) is 1.92. The van der Waals surface area contributed by atoms with Gasteiger partial charge in [0, 0.05) is 18.0 Å². The SMILES string of the molecule is CCSc1cccc(N(C)C(C)CCSC)c1C#N. The average Bonchev–Trinajstić information content (AvgIpc) is 2.44. The van der Waals surface area contributed by atoms with E-state index >= 15 is 0 Å². The molecule has 0 aliphatic heterocycles. The first-order valence-electron chi connectivity index (χ1n) is 6.53. The Morgan fingerprint density at radius 2 is 2.16 bits per heavy atom. The van der Waals surface area contributed by atoms with Crippen LogP contribution in [-0.2, 0) is 0 Å². The van der Waals surface area contributed by atoms with Gasteiger partial charge in [-0.05, 0) is 43.2 Å². The summed E-state index contributed by atoms with van der Waals surface area (Å²) in [4.78, 5) is 3.32. The van der Waals surface area contributed by atoms with Gasteiger partial charge in [0.15, 0.2) is 0 Å². The van der Waals surface area contributed by atoms with Gasteiger partial charge in [-0.2, -0.15) is 17.0 Å². The predicted octanol–water partition coefficient (Wildman–Crippen LogP) is 4.25. The zero-order chi connectivity index (χ0) is 14.3. The largest absolute Gasteiger partial charge is 0.371 e. The van der Waals surface area contributed by atoms with E-state index < -0.39 is 0 Å². The van der Waals surface area contributed by atoms with E-state index in [0.717, 1.165) is 34.1 Å². The van der Waals surface area contributed by atoms with E-state index in [2.05, 4.69) is 38.1 Å². The predicted molar refractivity (Wildman–Crippen MR) is 88.4 cm³/mol. The Labute approximate surface area is 125 Å². The van der Waals surface area contributed by atoms with Crippen molar-refractivity contribution in [3.63, 3.8) is 0 Å². The van der Waals surface area contributed by atoms with Crippen molar-refractivity contribution in [3.8, 4) is 6.07 Å². The van der Waals surface area contributed by atoms with Crippen LogP contribution in [0.25, 0.3) is 0 Å². The first kappa shape index (κ1) is 16.3. The number of hydrogen-bond acceptors (Lipinski definition) is 4. The van der Waals surface area contributed by atoms with Gasteiger partial charge in [-0.25, -0.2) is 0 Å². The van der Waals surface area contributed by atoms with Crippen molar-refractivity contribution in [1.82, 2.24) is 0 Å². The number of thioether (sulfide) groups is 2. The van der Waals surface area contributed by atoms with Gasteiger partial charge in [0.25, 0.3) is 0 Å². The Morgan fingerprint density at radius 1 is 1.42 bits per heavy atom. The topological polar surface area (TPSA) is 27.0 Å². The Kier molecular flexibility index (Phi) is 7.19. The molecule has 0 saturated carbocycles. The summed E-state index contributed by atoms with van der Waals surface area (Å²) in [6, 6.07) is 8.95. The molecule has 1 rings (SSSR count). The average molecular weight is 294 g/mol. The van der Waals surface area contributed by atoms with Gasteiger partial charge >= 0.3 is 0 Å². The molecule has 2 nitrogen and oxygen atoms in total. The van der Waals surface area contributed by atoms with Crippen LogP contribution >= 0.6 is 23.5 Å². The lowest BCUT2D eigenvalue weighted by atomic mass is 10.1. The third-order valence-corrected chi connectivity index (χ3v) is 4.78. The van der Waals surface area contributed by atoms with Crippen LogP contribution < -0.4 is 4.90 Å². The van der Waals surface area contributed by atoms with Gasteiger partial charge in [-0.3, -0.25) is 0 Å². The third kappa shape index (κ3) is 4.36. The summed E-state index contributed by atoms with van der Waals surface area (Å²) in [6.07, 6.45) is 3.26. The summed E-state index contributed by atoms with van der Waals surface area (Å²) in [6.45, 7) is 4.33. The molecule has 1 unspecified atom stereocenters. The van der Waals surface area contributed by atoms with Crippen molar-refractivity contribution in [2.45, 2.75) is 31.2 Å². The minimum Gasteiger partial charge on any atom is -0.371 e. The first-order chi connectivity index (χ1) is 9.15. The summed E-state index contributed by atoms with van der Waals surface area (Å²) in [5, 5.41) is 9.44. The zero-order valence-corrected chi connectivity index (χ0v) is 13.8. The molecule has 0 radical (unpaired) electrons. The fraction of sp³-hybridized carbons (Fsp3) is 0.533. The maximum absolute atomic E-state index is 9.44. The normalized spacial score (nSPS) is 11.9. The van der Waals surface area contributed by atoms with Crippen molar-refractivity contribution in [3.05, 3.63) is 23.8 Å². The standard InChI is InChI=1S/C15H22N2S2/c1-5-19-15-8-6-7-14(13(15)11-16)17(3)12(2)9-10-18-4/h6-8,12H,5,9-10H2,1-4H3. The van der Waals surface area contributed by atoms with E-state index in [1.807, 2.05) is 30.0 Å². The molecule has 1 aromatic rings. The Hall–Kier alpha value is -0.790. The molecule has 0 aromatic heterocycles. The Morgan fingerprint density at radius 3 is 2.74 bits per heavy atom. The maximum Gasteiger partial charge on any atom is 0.103 e. The van der Waals surface area contributed by atoms with Crippen LogP contribution in [0.3, 0.4) is 0 Å². The number of nitriles is 1. The fourth-order valence-corrected chi connectivity index (χ4v) is 3.28. The van der Waals surface area contributed by atoms with Gasteiger partial charge in [-0.15, -0.1) is 11.8 Å². The highest BCUT2D eigenvalue weighted by molar-refractivity contribution is 7.99. The minimum absolute atomic E-state index is 0.446. The smallest absolute Gasteiger partial charge is 0.103 e. The molecule has 0 aliphatic rings. The van der Waals surface area contributed by atoms with Crippen LogP contribution in [-0.4, -0.2) is 30.9 Å². The number of rotatable bonds is 7. The van der Waals surface area contributed by atoms with Crippen LogP contribution in [0.15, 0.2) is 23.1 Å². The lowest BCUT2D eigenvalue weighted by Gasteiger charge is -2.28. The molecule has 0 spiro atoms. The molecule has 0 fully saturated rings. The molecule has 0 aliphatic carbocycles. The molecule has 104 valence electrons. The van der Waals surface area contributed by atoms with Gasteiger partial charge in [0.05, 0.1) is 11.3 Å². The van der Waals surface area contributed by atoms with Crippen LogP contribution in [0.2, 0.25) is 0 Å². The Balaban J connectivity index is 2.99. The van der Waals surface area contributed by atoms with Crippen molar-refractivity contribution in [2.75, 3.05) is 29.7 Å².